The van der Waals surface area contributed by atoms with Crippen LogP contribution in [-0.4, -0.2) is 21.4 Å². The van der Waals surface area contributed by atoms with Gasteiger partial charge in [0.05, 0.1) is 17.0 Å². The molecule has 0 heterocycles. The Kier molecular flexibility index (Phi) is 5.75. The topological polar surface area (TPSA) is 66.5 Å². The summed E-state index contributed by atoms with van der Waals surface area (Å²) < 4.78 is 40.6. The number of nitrogens with zero attached hydrogens (tertiary/aromatic N) is 1. The van der Waals surface area contributed by atoms with E-state index in [0.29, 0.717) is 11.4 Å². The lowest BCUT2D eigenvalue weighted by Gasteiger charge is -2.19. The molecule has 0 aliphatic heterocycles. The minimum Gasteiger partial charge on any atom is -0.326 e. The zero-order chi connectivity index (χ0) is 20.1. The molecule has 28 heavy (non-hydrogen) atoms. The third-order valence-corrected chi connectivity index (χ3v) is 5.99. The Labute approximate surface area is 163 Å². The van der Waals surface area contributed by atoms with Crippen molar-refractivity contribution in [3.63, 3.8) is 0 Å². The van der Waals surface area contributed by atoms with Crippen LogP contribution in [0.2, 0.25) is 0 Å². The molecular formula is C21H19FN2O3S. The molecule has 3 aromatic carbocycles. The quantitative estimate of drug-likeness (QED) is 0.686. The van der Waals surface area contributed by atoms with E-state index in [1.54, 1.807) is 54.6 Å². The van der Waals surface area contributed by atoms with Gasteiger partial charge in [-0.05, 0) is 42.0 Å². The lowest BCUT2D eigenvalue weighted by molar-refractivity contribution is -0.115. The van der Waals surface area contributed by atoms with Gasteiger partial charge in [0.25, 0.3) is 10.0 Å². The van der Waals surface area contributed by atoms with Crippen molar-refractivity contribution in [1.29, 1.82) is 0 Å². The van der Waals surface area contributed by atoms with Crippen molar-refractivity contribution in [2.24, 2.45) is 0 Å². The molecule has 144 valence electrons. The van der Waals surface area contributed by atoms with E-state index in [9.17, 15) is 17.6 Å². The second kappa shape index (κ2) is 8.22. The average Bonchev–Trinajstić information content (AvgIpc) is 2.70. The maximum atomic E-state index is 13.7. The summed E-state index contributed by atoms with van der Waals surface area (Å²) in [6.45, 7) is 0. The van der Waals surface area contributed by atoms with Crippen molar-refractivity contribution in [3.05, 3.63) is 90.2 Å². The molecular weight excluding hydrogens is 379 g/mol. The summed E-state index contributed by atoms with van der Waals surface area (Å²) in [4.78, 5) is 12.3. The van der Waals surface area contributed by atoms with Crippen LogP contribution in [0, 0.1) is 5.82 Å². The van der Waals surface area contributed by atoms with E-state index in [2.05, 4.69) is 5.32 Å². The zero-order valence-corrected chi connectivity index (χ0v) is 16.0. The number of hydrogen-bond donors (Lipinski definition) is 1. The summed E-state index contributed by atoms with van der Waals surface area (Å²) in [5.74, 6) is -0.894. The van der Waals surface area contributed by atoms with Gasteiger partial charge in [-0.15, -0.1) is 0 Å². The Morgan fingerprint density at radius 3 is 2.36 bits per heavy atom. The Bertz CT molecular complexity index is 1090. The fourth-order valence-electron chi connectivity index (χ4n) is 2.69. The lowest BCUT2D eigenvalue weighted by atomic mass is 10.1. The highest BCUT2D eigenvalue weighted by Crippen LogP contribution is 2.23. The molecule has 0 bridgehead atoms. The molecule has 0 spiro atoms. The van der Waals surface area contributed by atoms with E-state index in [1.807, 2.05) is 0 Å². The summed E-state index contributed by atoms with van der Waals surface area (Å²) in [5, 5.41) is 2.62. The number of carbonyl (C=O) groups excluding carboxylic acids is 1. The Hall–Kier alpha value is -3.19. The number of hydrogen-bond acceptors (Lipinski definition) is 3. The van der Waals surface area contributed by atoms with Gasteiger partial charge in [0, 0.05) is 12.7 Å². The van der Waals surface area contributed by atoms with Gasteiger partial charge < -0.3 is 5.32 Å². The number of sulfonamides is 1. The fourth-order valence-corrected chi connectivity index (χ4v) is 3.93. The van der Waals surface area contributed by atoms with Crippen LogP contribution < -0.4 is 9.62 Å². The predicted molar refractivity (Wildman–Crippen MR) is 107 cm³/mol. The highest BCUT2D eigenvalue weighted by atomic mass is 32.2. The molecule has 0 saturated carbocycles. The van der Waals surface area contributed by atoms with E-state index in [1.165, 1.54) is 35.6 Å². The highest BCUT2D eigenvalue weighted by Gasteiger charge is 2.21. The largest absolute Gasteiger partial charge is 0.326 e. The zero-order valence-electron chi connectivity index (χ0n) is 15.2. The van der Waals surface area contributed by atoms with Gasteiger partial charge in [-0.1, -0.05) is 42.5 Å². The van der Waals surface area contributed by atoms with Crippen LogP contribution in [-0.2, 0) is 21.2 Å². The molecule has 5 nitrogen and oxygen atoms in total. The number of benzene rings is 3. The van der Waals surface area contributed by atoms with Crippen LogP contribution in [0.4, 0.5) is 15.8 Å². The molecule has 7 heteroatoms. The minimum atomic E-state index is -3.79. The molecule has 0 fully saturated rings. The number of nitrogens with one attached hydrogen (secondary N) is 1. The smallest absolute Gasteiger partial charge is 0.264 e. The van der Waals surface area contributed by atoms with Crippen molar-refractivity contribution in [1.82, 2.24) is 0 Å². The lowest BCUT2D eigenvalue weighted by Crippen LogP contribution is -2.26. The average molecular weight is 398 g/mol. The molecule has 0 aliphatic rings. The normalized spacial score (nSPS) is 11.1. The fraction of sp³-hybridized carbons (Fsp3) is 0.0952. The SMILES string of the molecule is CN(c1ccccc1)S(=O)(=O)c1cccc(NC(=O)Cc2ccccc2F)c1. The third-order valence-electron chi connectivity index (χ3n) is 4.20. The Morgan fingerprint density at radius 1 is 0.964 bits per heavy atom. The standard InChI is InChI=1S/C21H19FN2O3S/c1-24(18-10-3-2-4-11-18)28(26,27)19-12-7-9-17(15-19)23-21(25)14-16-8-5-6-13-20(16)22/h2-13,15H,14H2,1H3,(H,23,25). The molecule has 3 aromatic rings. The van der Waals surface area contributed by atoms with Crippen LogP contribution in [0.3, 0.4) is 0 Å². The summed E-state index contributed by atoms with van der Waals surface area (Å²) in [5.41, 5.74) is 1.12. The van der Waals surface area contributed by atoms with Crippen molar-refractivity contribution in [2.75, 3.05) is 16.7 Å². The number of amides is 1. The molecule has 1 N–H and O–H groups in total. The van der Waals surface area contributed by atoms with Crippen LogP contribution in [0.15, 0.2) is 83.8 Å². The molecule has 0 aliphatic carbocycles. The van der Waals surface area contributed by atoms with Gasteiger partial charge in [0.2, 0.25) is 5.91 Å². The van der Waals surface area contributed by atoms with Crippen molar-refractivity contribution >= 4 is 27.3 Å². The van der Waals surface area contributed by atoms with Crippen molar-refractivity contribution in [3.8, 4) is 0 Å². The van der Waals surface area contributed by atoms with Crippen LogP contribution in [0.5, 0.6) is 0 Å². The molecule has 0 unspecified atom stereocenters. The minimum absolute atomic E-state index is 0.0440. The number of rotatable bonds is 6. The van der Waals surface area contributed by atoms with Crippen LogP contribution >= 0.6 is 0 Å². The highest BCUT2D eigenvalue weighted by molar-refractivity contribution is 7.92. The monoisotopic (exact) mass is 398 g/mol. The van der Waals surface area contributed by atoms with E-state index in [-0.39, 0.29) is 16.9 Å². The van der Waals surface area contributed by atoms with E-state index in [0.717, 1.165) is 0 Å². The molecule has 0 aromatic heterocycles. The summed E-state index contributed by atoms with van der Waals surface area (Å²) in [6.07, 6.45) is -0.145. The second-order valence-electron chi connectivity index (χ2n) is 6.15. The van der Waals surface area contributed by atoms with E-state index in [4.69, 9.17) is 0 Å². The first-order valence-corrected chi connectivity index (χ1v) is 9.99. The van der Waals surface area contributed by atoms with E-state index >= 15 is 0 Å². The number of carbonyl (C=O) groups is 1. The summed E-state index contributed by atoms with van der Waals surface area (Å²) in [7, 11) is -2.33. The summed E-state index contributed by atoms with van der Waals surface area (Å²) >= 11 is 0. The van der Waals surface area contributed by atoms with Crippen molar-refractivity contribution < 1.29 is 17.6 Å². The summed E-state index contributed by atoms with van der Waals surface area (Å²) in [6, 6.07) is 20.7. The number of anilines is 2. The number of para-hydroxylation sites is 1. The second-order valence-corrected chi connectivity index (χ2v) is 8.12. The van der Waals surface area contributed by atoms with Gasteiger partial charge in [0.15, 0.2) is 0 Å². The Balaban J connectivity index is 1.78. The van der Waals surface area contributed by atoms with E-state index < -0.39 is 21.7 Å². The maximum absolute atomic E-state index is 13.7. The molecule has 0 radical (unpaired) electrons. The Morgan fingerprint density at radius 2 is 1.64 bits per heavy atom. The molecule has 0 atom stereocenters. The molecule has 0 saturated heterocycles. The van der Waals surface area contributed by atoms with Gasteiger partial charge in [-0.3, -0.25) is 9.10 Å². The molecule has 3 rings (SSSR count). The predicted octanol–water partition coefficient (Wildman–Crippen LogP) is 3.83. The van der Waals surface area contributed by atoms with Crippen molar-refractivity contribution in [2.45, 2.75) is 11.3 Å². The van der Waals surface area contributed by atoms with Gasteiger partial charge >= 0.3 is 0 Å². The first-order valence-electron chi connectivity index (χ1n) is 8.55. The van der Waals surface area contributed by atoms with Gasteiger partial charge in [-0.2, -0.15) is 0 Å². The van der Waals surface area contributed by atoms with Gasteiger partial charge in [-0.25, -0.2) is 12.8 Å². The third kappa shape index (κ3) is 4.37. The van der Waals surface area contributed by atoms with Crippen LogP contribution in [0.1, 0.15) is 5.56 Å². The molecule has 1 amide bonds. The maximum Gasteiger partial charge on any atom is 0.264 e. The van der Waals surface area contributed by atoms with Crippen LogP contribution in [0.25, 0.3) is 0 Å². The first kappa shape index (κ1) is 19.6. The first-order chi connectivity index (χ1) is 13.4. The number of halogens is 1. The van der Waals surface area contributed by atoms with Gasteiger partial charge in [0.1, 0.15) is 5.82 Å².